The standard InChI is InChI=1S/C23H36O/c1-15(2)19-8-9-20-18-7-5-6-16-14-17(24)10-12-22(16,3)21(18)11-13-23(19,20)4/h16,18-21H,1,5-14H2,2-4H3/t16-,18+,19+,20-,21-,22-,23+/m0/s1. The SMILES string of the molecule is C=C(C)[C@H]1CC[C@H]2[C@H]3CCC[C@H]4CC(=O)CC[C@]4(C)[C@H]3CC[C@]12C. The van der Waals surface area contributed by atoms with Gasteiger partial charge in [0.1, 0.15) is 5.78 Å². The third kappa shape index (κ3) is 2.29. The van der Waals surface area contributed by atoms with Crippen molar-refractivity contribution in [3.8, 4) is 0 Å². The van der Waals surface area contributed by atoms with Crippen molar-refractivity contribution in [1.29, 1.82) is 0 Å². The Morgan fingerprint density at radius 3 is 2.50 bits per heavy atom. The first-order valence-electron chi connectivity index (χ1n) is 10.5. The van der Waals surface area contributed by atoms with Crippen LogP contribution in [-0.2, 0) is 4.79 Å². The molecule has 1 heteroatoms. The number of fused-ring (bicyclic) bond motifs is 5. The molecule has 0 amide bonds. The van der Waals surface area contributed by atoms with E-state index >= 15 is 0 Å². The van der Waals surface area contributed by atoms with E-state index in [-0.39, 0.29) is 0 Å². The number of carbonyl (C=O) groups is 1. The van der Waals surface area contributed by atoms with Crippen molar-refractivity contribution < 1.29 is 4.79 Å². The molecule has 0 saturated heterocycles. The van der Waals surface area contributed by atoms with Gasteiger partial charge in [0.25, 0.3) is 0 Å². The minimum atomic E-state index is 0.442. The van der Waals surface area contributed by atoms with Crippen LogP contribution in [0.3, 0.4) is 0 Å². The van der Waals surface area contributed by atoms with Crippen LogP contribution in [0.25, 0.3) is 0 Å². The summed E-state index contributed by atoms with van der Waals surface area (Å²) in [5.74, 6) is 4.67. The molecule has 0 aromatic carbocycles. The van der Waals surface area contributed by atoms with Crippen molar-refractivity contribution in [3.63, 3.8) is 0 Å². The number of allylic oxidation sites excluding steroid dienone is 1. The van der Waals surface area contributed by atoms with Crippen LogP contribution in [0.4, 0.5) is 0 Å². The van der Waals surface area contributed by atoms with E-state index in [0.717, 1.165) is 36.5 Å². The monoisotopic (exact) mass is 328 g/mol. The maximum Gasteiger partial charge on any atom is 0.133 e. The molecule has 24 heavy (non-hydrogen) atoms. The first kappa shape index (κ1) is 16.9. The minimum Gasteiger partial charge on any atom is -0.300 e. The normalized spacial score (nSPS) is 51.3. The van der Waals surface area contributed by atoms with Crippen LogP contribution in [-0.4, -0.2) is 5.78 Å². The van der Waals surface area contributed by atoms with Gasteiger partial charge in [0.15, 0.2) is 0 Å². The Hall–Kier alpha value is -0.590. The molecule has 4 saturated carbocycles. The summed E-state index contributed by atoms with van der Waals surface area (Å²) in [4.78, 5) is 12.1. The average molecular weight is 329 g/mol. The molecular formula is C23H36O. The van der Waals surface area contributed by atoms with Crippen molar-refractivity contribution in [2.24, 2.45) is 40.4 Å². The lowest BCUT2D eigenvalue weighted by molar-refractivity contribution is -0.129. The van der Waals surface area contributed by atoms with Crippen molar-refractivity contribution in [3.05, 3.63) is 12.2 Å². The zero-order chi connectivity index (χ0) is 17.1. The van der Waals surface area contributed by atoms with E-state index in [0.29, 0.717) is 22.5 Å². The number of carbonyl (C=O) groups excluding carboxylic acids is 1. The molecule has 4 fully saturated rings. The quantitative estimate of drug-likeness (QED) is 0.525. The highest BCUT2D eigenvalue weighted by Crippen LogP contribution is 2.66. The summed E-state index contributed by atoms with van der Waals surface area (Å²) in [5.41, 5.74) is 2.38. The summed E-state index contributed by atoms with van der Waals surface area (Å²) in [6.07, 6.45) is 12.6. The Morgan fingerprint density at radius 2 is 1.75 bits per heavy atom. The summed E-state index contributed by atoms with van der Waals surface area (Å²) in [6, 6.07) is 0. The van der Waals surface area contributed by atoms with Crippen molar-refractivity contribution in [2.45, 2.75) is 85.0 Å². The van der Waals surface area contributed by atoms with Gasteiger partial charge in [0.05, 0.1) is 0 Å². The first-order chi connectivity index (χ1) is 11.4. The molecule has 4 rings (SSSR count). The van der Waals surface area contributed by atoms with Gasteiger partial charge in [-0.1, -0.05) is 32.4 Å². The maximum atomic E-state index is 12.1. The number of ketones is 1. The lowest BCUT2D eigenvalue weighted by Gasteiger charge is -2.55. The molecule has 0 aliphatic heterocycles. The van der Waals surface area contributed by atoms with E-state index in [2.05, 4.69) is 27.4 Å². The lowest BCUT2D eigenvalue weighted by atomic mass is 9.49. The molecule has 4 aliphatic rings. The fourth-order valence-electron chi connectivity index (χ4n) is 8.06. The Morgan fingerprint density at radius 1 is 1.00 bits per heavy atom. The van der Waals surface area contributed by atoms with Crippen LogP contribution in [0, 0.1) is 40.4 Å². The van der Waals surface area contributed by atoms with E-state index in [9.17, 15) is 4.79 Å². The molecular weight excluding hydrogens is 292 g/mol. The molecule has 134 valence electrons. The molecule has 0 N–H and O–H groups in total. The van der Waals surface area contributed by atoms with Crippen LogP contribution >= 0.6 is 0 Å². The van der Waals surface area contributed by atoms with Gasteiger partial charge in [-0.3, -0.25) is 4.79 Å². The largest absolute Gasteiger partial charge is 0.300 e. The van der Waals surface area contributed by atoms with Crippen LogP contribution in [0.1, 0.15) is 85.0 Å². The van der Waals surface area contributed by atoms with Crippen LogP contribution < -0.4 is 0 Å². The zero-order valence-corrected chi connectivity index (χ0v) is 16.1. The van der Waals surface area contributed by atoms with E-state index < -0.39 is 0 Å². The second-order valence-electron chi connectivity index (χ2n) is 10.3. The zero-order valence-electron chi connectivity index (χ0n) is 16.1. The molecule has 7 atom stereocenters. The second-order valence-corrected chi connectivity index (χ2v) is 10.3. The molecule has 1 nitrogen and oxygen atoms in total. The van der Waals surface area contributed by atoms with Gasteiger partial charge in [-0.05, 0) is 92.3 Å². The van der Waals surface area contributed by atoms with Gasteiger partial charge in [0.2, 0.25) is 0 Å². The third-order valence-corrected chi connectivity index (χ3v) is 9.32. The fraction of sp³-hybridized carbons (Fsp3) is 0.870. The molecule has 0 unspecified atom stereocenters. The summed E-state index contributed by atoms with van der Waals surface area (Å²) in [5, 5.41) is 0. The Bertz CT molecular complexity index is 548. The summed E-state index contributed by atoms with van der Waals surface area (Å²) in [7, 11) is 0. The van der Waals surface area contributed by atoms with Gasteiger partial charge in [-0.25, -0.2) is 0 Å². The highest BCUT2D eigenvalue weighted by molar-refractivity contribution is 5.79. The summed E-state index contributed by atoms with van der Waals surface area (Å²) in [6.45, 7) is 11.8. The molecule has 0 spiro atoms. The van der Waals surface area contributed by atoms with Gasteiger partial charge in [0, 0.05) is 12.8 Å². The average Bonchev–Trinajstić information content (AvgIpc) is 2.81. The molecule has 4 aliphatic carbocycles. The molecule has 0 bridgehead atoms. The lowest BCUT2D eigenvalue weighted by Crippen LogP contribution is -2.49. The number of hydrogen-bond donors (Lipinski definition) is 0. The van der Waals surface area contributed by atoms with E-state index in [1.165, 1.54) is 56.9 Å². The minimum absolute atomic E-state index is 0.442. The van der Waals surface area contributed by atoms with Crippen molar-refractivity contribution in [1.82, 2.24) is 0 Å². The third-order valence-electron chi connectivity index (χ3n) is 9.32. The van der Waals surface area contributed by atoms with Crippen LogP contribution in [0.5, 0.6) is 0 Å². The van der Waals surface area contributed by atoms with Crippen LogP contribution in [0.2, 0.25) is 0 Å². The molecule has 0 heterocycles. The van der Waals surface area contributed by atoms with Crippen molar-refractivity contribution in [2.75, 3.05) is 0 Å². The van der Waals surface area contributed by atoms with Crippen LogP contribution in [0.15, 0.2) is 12.2 Å². The molecule has 0 radical (unpaired) electrons. The van der Waals surface area contributed by atoms with Gasteiger partial charge < -0.3 is 0 Å². The topological polar surface area (TPSA) is 17.1 Å². The van der Waals surface area contributed by atoms with E-state index in [4.69, 9.17) is 0 Å². The predicted octanol–water partition coefficient (Wildman–Crippen LogP) is 6.18. The number of hydrogen-bond acceptors (Lipinski definition) is 1. The highest BCUT2D eigenvalue weighted by atomic mass is 16.1. The van der Waals surface area contributed by atoms with Crippen molar-refractivity contribution >= 4 is 5.78 Å². The number of Topliss-reactive ketones (excluding diaryl/α,β-unsaturated/α-hetero) is 1. The highest BCUT2D eigenvalue weighted by Gasteiger charge is 2.58. The second kappa shape index (κ2) is 5.71. The summed E-state index contributed by atoms with van der Waals surface area (Å²) >= 11 is 0. The fourth-order valence-corrected chi connectivity index (χ4v) is 8.06. The van der Waals surface area contributed by atoms with Gasteiger partial charge in [-0.15, -0.1) is 0 Å². The smallest absolute Gasteiger partial charge is 0.133 e. The predicted molar refractivity (Wildman–Crippen MR) is 99.7 cm³/mol. The first-order valence-corrected chi connectivity index (χ1v) is 10.5. The van der Waals surface area contributed by atoms with E-state index in [1.807, 2.05) is 0 Å². The molecule has 0 aromatic heterocycles. The Balaban J connectivity index is 1.66. The summed E-state index contributed by atoms with van der Waals surface area (Å²) < 4.78 is 0. The van der Waals surface area contributed by atoms with Gasteiger partial charge in [-0.2, -0.15) is 0 Å². The van der Waals surface area contributed by atoms with Gasteiger partial charge >= 0.3 is 0 Å². The number of rotatable bonds is 1. The Kier molecular flexibility index (Phi) is 4.01. The maximum absolute atomic E-state index is 12.1. The molecule has 0 aromatic rings. The Labute approximate surface area is 148 Å². The van der Waals surface area contributed by atoms with E-state index in [1.54, 1.807) is 0 Å².